The molecule has 1 aromatic carbocycles. The van der Waals surface area contributed by atoms with E-state index in [1.807, 2.05) is 6.07 Å². The molecule has 0 aliphatic heterocycles. The molecule has 0 spiro atoms. The topological polar surface area (TPSA) is 0 Å². The Balaban J connectivity index is 2.00. The van der Waals surface area contributed by atoms with Crippen LogP contribution in [-0.4, -0.2) is 7.85 Å². The van der Waals surface area contributed by atoms with E-state index in [9.17, 15) is 0 Å². The largest absolute Gasteiger partial charge is 0.113 e. The Morgan fingerprint density at radius 3 is 2.79 bits per heavy atom. The maximum atomic E-state index is 6.00. The lowest BCUT2D eigenvalue weighted by molar-refractivity contribution is 0.656. The minimum absolute atomic E-state index is 0.449. The molecule has 0 aromatic heterocycles. The average Bonchev–Trinajstić information content (AvgIpc) is 2.47. The molecule has 1 heteroatoms. The first-order chi connectivity index (χ1) is 9.34. The Kier molecular flexibility index (Phi) is 2.41. The molecule has 0 heterocycles. The molecule has 90 valence electrons. The van der Waals surface area contributed by atoms with Gasteiger partial charge in [-0.2, -0.15) is 0 Å². The Morgan fingerprint density at radius 1 is 1.05 bits per heavy atom. The van der Waals surface area contributed by atoms with E-state index in [4.69, 9.17) is 7.85 Å². The van der Waals surface area contributed by atoms with Crippen molar-refractivity contribution in [2.24, 2.45) is 5.92 Å². The third kappa shape index (κ3) is 1.61. The molecule has 0 N–H and O–H groups in total. The summed E-state index contributed by atoms with van der Waals surface area (Å²) in [6.07, 6.45) is 15.9. The van der Waals surface area contributed by atoms with E-state index in [2.05, 4.69) is 48.6 Å². The van der Waals surface area contributed by atoms with E-state index in [-0.39, 0.29) is 0 Å². The van der Waals surface area contributed by atoms with Gasteiger partial charge in [0.15, 0.2) is 0 Å². The van der Waals surface area contributed by atoms with E-state index < -0.39 is 0 Å². The zero-order valence-corrected chi connectivity index (χ0v) is 10.8. The summed E-state index contributed by atoms with van der Waals surface area (Å²) in [5.41, 5.74) is 6.72. The fraction of sp³-hybridized carbons (Fsp3) is 0.222. The van der Waals surface area contributed by atoms with Crippen LogP contribution in [0.4, 0.5) is 0 Å². The molecule has 4 rings (SSSR count). The minimum atomic E-state index is 0.449. The first-order valence-electron chi connectivity index (χ1n) is 6.99. The van der Waals surface area contributed by atoms with Gasteiger partial charge in [-0.3, -0.25) is 0 Å². The van der Waals surface area contributed by atoms with Gasteiger partial charge in [-0.15, -0.1) is 0 Å². The molecule has 0 saturated heterocycles. The van der Waals surface area contributed by atoms with E-state index in [1.165, 1.54) is 22.3 Å². The summed E-state index contributed by atoms with van der Waals surface area (Å²) in [7, 11) is 6.00. The van der Waals surface area contributed by atoms with Crippen molar-refractivity contribution in [3.63, 3.8) is 0 Å². The monoisotopic (exact) mass is 242 g/mol. The molecule has 0 bridgehead atoms. The van der Waals surface area contributed by atoms with Crippen LogP contribution in [-0.2, 0) is 0 Å². The van der Waals surface area contributed by atoms with Gasteiger partial charge in [-0.1, -0.05) is 60.1 Å². The van der Waals surface area contributed by atoms with Crippen molar-refractivity contribution in [2.75, 3.05) is 0 Å². The molecule has 3 aliphatic carbocycles. The van der Waals surface area contributed by atoms with Crippen LogP contribution < -0.4 is 5.46 Å². The highest BCUT2D eigenvalue weighted by Gasteiger charge is 2.32. The highest BCUT2D eigenvalue weighted by atomic mass is 14.4. The molecule has 2 atom stereocenters. The Morgan fingerprint density at radius 2 is 1.89 bits per heavy atom. The fourth-order valence-electron chi connectivity index (χ4n) is 3.62. The number of allylic oxidation sites excluding steroid dienone is 8. The zero-order valence-electron chi connectivity index (χ0n) is 10.8. The van der Waals surface area contributed by atoms with Crippen molar-refractivity contribution in [2.45, 2.75) is 18.8 Å². The SMILES string of the molecule is [B]c1ccc2c(c1)C1C=CC=CC1C1=C2CCC=C1. The summed E-state index contributed by atoms with van der Waals surface area (Å²) < 4.78 is 0. The molecule has 19 heavy (non-hydrogen) atoms. The normalized spacial score (nSPS) is 26.9. The van der Waals surface area contributed by atoms with Crippen LogP contribution in [0.25, 0.3) is 5.57 Å². The van der Waals surface area contributed by atoms with Gasteiger partial charge < -0.3 is 0 Å². The second-order valence-electron chi connectivity index (χ2n) is 5.54. The summed E-state index contributed by atoms with van der Waals surface area (Å²) >= 11 is 0. The molecular weight excluding hydrogens is 227 g/mol. The van der Waals surface area contributed by atoms with Crippen LogP contribution in [0.1, 0.15) is 29.9 Å². The van der Waals surface area contributed by atoms with Crippen LogP contribution in [0, 0.1) is 5.92 Å². The minimum Gasteiger partial charge on any atom is -0.0963 e. The van der Waals surface area contributed by atoms with Gasteiger partial charge in [0.2, 0.25) is 0 Å². The fourth-order valence-corrected chi connectivity index (χ4v) is 3.62. The van der Waals surface area contributed by atoms with Crippen LogP contribution in [0.5, 0.6) is 0 Å². The van der Waals surface area contributed by atoms with E-state index >= 15 is 0 Å². The Labute approximate surface area is 115 Å². The first kappa shape index (κ1) is 11.1. The van der Waals surface area contributed by atoms with Crippen molar-refractivity contribution in [1.82, 2.24) is 0 Å². The quantitative estimate of drug-likeness (QED) is 0.611. The summed E-state index contributed by atoms with van der Waals surface area (Å²) in [6, 6.07) is 6.41. The van der Waals surface area contributed by atoms with Crippen LogP contribution in [0.2, 0.25) is 0 Å². The molecule has 0 nitrogen and oxygen atoms in total. The molecule has 3 aliphatic rings. The highest BCUT2D eigenvalue weighted by Crippen LogP contribution is 2.48. The Bertz CT molecular complexity index is 658. The van der Waals surface area contributed by atoms with Crippen molar-refractivity contribution in [3.05, 3.63) is 71.4 Å². The van der Waals surface area contributed by atoms with Crippen molar-refractivity contribution >= 4 is 18.9 Å². The Hall–Kier alpha value is -1.76. The predicted molar refractivity (Wildman–Crippen MR) is 81.6 cm³/mol. The summed E-state index contributed by atoms with van der Waals surface area (Å²) in [6.45, 7) is 0. The zero-order chi connectivity index (χ0) is 12.8. The molecule has 0 fully saturated rings. The molecule has 1 aromatic rings. The van der Waals surface area contributed by atoms with Gasteiger partial charge in [0.1, 0.15) is 7.85 Å². The third-order valence-electron chi connectivity index (χ3n) is 4.46. The lowest BCUT2D eigenvalue weighted by Crippen LogP contribution is -2.23. The van der Waals surface area contributed by atoms with Gasteiger partial charge in [-0.25, -0.2) is 0 Å². The summed E-state index contributed by atoms with van der Waals surface area (Å²) in [5, 5.41) is 0. The average molecular weight is 242 g/mol. The summed E-state index contributed by atoms with van der Waals surface area (Å²) in [5.74, 6) is 0.941. The lowest BCUT2D eigenvalue weighted by Gasteiger charge is -2.36. The standard InChI is InChI=1S/C18H15B/c19-12-9-10-17-15-7-2-1-5-13(15)14-6-3-4-8-16(14)18(17)11-12/h1,3-6,8-11,14,16H,2,7H2. The van der Waals surface area contributed by atoms with Gasteiger partial charge in [-0.05, 0) is 35.1 Å². The van der Waals surface area contributed by atoms with E-state index in [1.54, 1.807) is 0 Å². The molecule has 2 unspecified atom stereocenters. The smallest absolute Gasteiger partial charge is 0.0963 e. The number of benzene rings is 1. The molecular formula is C18H15B. The molecule has 0 amide bonds. The maximum Gasteiger partial charge on any atom is 0.113 e. The second-order valence-corrected chi connectivity index (χ2v) is 5.54. The third-order valence-corrected chi connectivity index (χ3v) is 4.46. The molecule has 2 radical (unpaired) electrons. The highest BCUT2D eigenvalue weighted by molar-refractivity contribution is 6.32. The number of fused-ring (bicyclic) bond motifs is 5. The maximum absolute atomic E-state index is 6.00. The second kappa shape index (κ2) is 4.13. The van der Waals surface area contributed by atoms with Crippen LogP contribution in [0.3, 0.4) is 0 Å². The molecule has 0 saturated carbocycles. The van der Waals surface area contributed by atoms with Crippen molar-refractivity contribution < 1.29 is 0 Å². The number of hydrogen-bond donors (Lipinski definition) is 0. The number of hydrogen-bond acceptors (Lipinski definition) is 0. The van der Waals surface area contributed by atoms with Crippen LogP contribution >= 0.6 is 0 Å². The van der Waals surface area contributed by atoms with Gasteiger partial charge in [0, 0.05) is 11.8 Å². The van der Waals surface area contributed by atoms with E-state index in [0.717, 1.165) is 18.3 Å². The van der Waals surface area contributed by atoms with Gasteiger partial charge in [0.05, 0.1) is 0 Å². The van der Waals surface area contributed by atoms with Gasteiger partial charge >= 0.3 is 0 Å². The van der Waals surface area contributed by atoms with Crippen molar-refractivity contribution in [3.8, 4) is 0 Å². The first-order valence-corrected chi connectivity index (χ1v) is 6.99. The predicted octanol–water partition coefficient (Wildman–Crippen LogP) is 3.42. The number of rotatable bonds is 0. The van der Waals surface area contributed by atoms with Gasteiger partial charge in [0.25, 0.3) is 0 Å². The van der Waals surface area contributed by atoms with E-state index in [0.29, 0.717) is 11.8 Å². The lowest BCUT2D eigenvalue weighted by atomic mass is 9.67. The van der Waals surface area contributed by atoms with Crippen LogP contribution in [0.15, 0.2) is 60.2 Å². The van der Waals surface area contributed by atoms with Crippen molar-refractivity contribution in [1.29, 1.82) is 0 Å². The summed E-state index contributed by atoms with van der Waals surface area (Å²) in [4.78, 5) is 0.